The lowest BCUT2D eigenvalue weighted by Crippen LogP contribution is -2.43. The number of nitrogens with one attached hydrogen (secondary N) is 2. The van der Waals surface area contributed by atoms with Crippen LogP contribution in [-0.4, -0.2) is 42.3 Å². The fourth-order valence-electron chi connectivity index (χ4n) is 3.97. The number of rotatable bonds is 5. The number of Topliss-reactive ketones (excluding diaryl/α,β-unsaturated/α-hetero) is 1. The van der Waals surface area contributed by atoms with Crippen LogP contribution in [0.4, 0.5) is 17.1 Å². The van der Waals surface area contributed by atoms with Gasteiger partial charge in [-0.1, -0.05) is 12.1 Å². The van der Waals surface area contributed by atoms with Crippen molar-refractivity contribution < 1.29 is 23.9 Å². The first-order chi connectivity index (χ1) is 14.8. The summed E-state index contributed by atoms with van der Waals surface area (Å²) in [5, 5.41) is 5.48. The molecule has 8 nitrogen and oxygen atoms in total. The number of para-hydroxylation sites is 1. The number of carbonyl (C=O) groups excluding carboxylic acids is 4. The highest BCUT2D eigenvalue weighted by molar-refractivity contribution is 6.07. The Kier molecular flexibility index (Phi) is 5.46. The molecule has 0 aliphatic carbocycles. The van der Waals surface area contributed by atoms with Crippen molar-refractivity contribution in [3.63, 3.8) is 0 Å². The minimum atomic E-state index is -1.08. The van der Waals surface area contributed by atoms with Crippen molar-refractivity contribution in [2.45, 2.75) is 38.8 Å². The molecule has 2 heterocycles. The lowest BCUT2D eigenvalue weighted by atomic mass is 10.1. The van der Waals surface area contributed by atoms with Crippen LogP contribution in [0.25, 0.3) is 0 Å². The number of carbonyl (C=O) groups is 4. The van der Waals surface area contributed by atoms with E-state index in [1.807, 2.05) is 4.90 Å². The van der Waals surface area contributed by atoms with Crippen LogP contribution in [0.3, 0.4) is 0 Å². The van der Waals surface area contributed by atoms with Gasteiger partial charge < -0.3 is 20.3 Å². The third-order valence-electron chi connectivity index (χ3n) is 5.57. The van der Waals surface area contributed by atoms with Gasteiger partial charge in [0.2, 0.25) is 5.91 Å². The topological polar surface area (TPSA) is 105 Å². The summed E-state index contributed by atoms with van der Waals surface area (Å²) in [5.41, 5.74) is 2.41. The number of esters is 1. The van der Waals surface area contributed by atoms with Gasteiger partial charge in [-0.25, -0.2) is 4.79 Å². The van der Waals surface area contributed by atoms with Crippen LogP contribution in [0, 0.1) is 0 Å². The summed E-state index contributed by atoms with van der Waals surface area (Å²) in [7, 11) is 0. The lowest BCUT2D eigenvalue weighted by molar-refractivity contribution is -0.123. The van der Waals surface area contributed by atoms with E-state index in [9.17, 15) is 19.2 Å². The third-order valence-corrected chi connectivity index (χ3v) is 5.57. The second kappa shape index (κ2) is 8.22. The van der Waals surface area contributed by atoms with Crippen LogP contribution in [0.2, 0.25) is 0 Å². The first-order valence-electron chi connectivity index (χ1n) is 10.2. The summed E-state index contributed by atoms with van der Waals surface area (Å²) < 4.78 is 5.31. The molecule has 0 aromatic heterocycles. The second-order valence-electron chi connectivity index (χ2n) is 7.71. The van der Waals surface area contributed by atoms with E-state index in [0.717, 1.165) is 25.1 Å². The van der Waals surface area contributed by atoms with E-state index < -0.39 is 18.0 Å². The Labute approximate surface area is 179 Å². The number of anilines is 3. The smallest absolute Gasteiger partial charge is 0.338 e. The fourth-order valence-corrected chi connectivity index (χ4v) is 3.97. The van der Waals surface area contributed by atoms with Crippen molar-refractivity contribution >= 4 is 40.6 Å². The Balaban J connectivity index is 1.45. The molecule has 0 bridgehead atoms. The Morgan fingerprint density at radius 2 is 1.97 bits per heavy atom. The van der Waals surface area contributed by atoms with Crippen molar-refractivity contribution in [3.05, 3.63) is 53.6 Å². The van der Waals surface area contributed by atoms with Gasteiger partial charge in [-0.15, -0.1) is 0 Å². The van der Waals surface area contributed by atoms with Gasteiger partial charge in [-0.3, -0.25) is 14.4 Å². The molecule has 8 heteroatoms. The minimum absolute atomic E-state index is 0.0765. The summed E-state index contributed by atoms with van der Waals surface area (Å²) >= 11 is 0. The highest BCUT2D eigenvalue weighted by atomic mass is 16.5. The molecule has 0 spiro atoms. The summed E-state index contributed by atoms with van der Waals surface area (Å²) in [6, 6.07) is 11.5. The van der Waals surface area contributed by atoms with E-state index in [1.165, 1.54) is 13.8 Å². The van der Waals surface area contributed by atoms with Crippen LogP contribution < -0.4 is 15.5 Å². The van der Waals surface area contributed by atoms with Gasteiger partial charge in [0.1, 0.15) is 6.04 Å². The molecule has 160 valence electrons. The zero-order chi connectivity index (χ0) is 22.1. The normalized spacial score (nSPS) is 17.8. The maximum atomic E-state index is 12.6. The van der Waals surface area contributed by atoms with Gasteiger partial charge in [-0.05, 0) is 57.0 Å². The van der Waals surface area contributed by atoms with E-state index in [0.29, 0.717) is 16.9 Å². The van der Waals surface area contributed by atoms with Gasteiger partial charge in [0.05, 0.1) is 22.6 Å². The maximum Gasteiger partial charge on any atom is 0.338 e. The van der Waals surface area contributed by atoms with Gasteiger partial charge in [0.15, 0.2) is 11.9 Å². The average molecular weight is 421 g/mol. The monoisotopic (exact) mass is 421 g/mol. The molecule has 2 aliphatic heterocycles. The molecule has 0 saturated carbocycles. The third kappa shape index (κ3) is 4.01. The van der Waals surface area contributed by atoms with E-state index in [1.54, 1.807) is 42.5 Å². The largest absolute Gasteiger partial charge is 0.449 e. The molecule has 4 rings (SSSR count). The molecule has 2 aromatic carbocycles. The van der Waals surface area contributed by atoms with Crippen molar-refractivity contribution in [2.24, 2.45) is 0 Å². The van der Waals surface area contributed by atoms with Crippen molar-refractivity contribution in [3.8, 4) is 0 Å². The number of ether oxygens (including phenoxy) is 1. The van der Waals surface area contributed by atoms with Gasteiger partial charge in [-0.2, -0.15) is 0 Å². The average Bonchev–Trinajstić information content (AvgIpc) is 3.24. The molecular formula is C23H23N3O5. The molecule has 0 unspecified atom stereocenters. The Morgan fingerprint density at radius 1 is 1.19 bits per heavy atom. The van der Waals surface area contributed by atoms with E-state index in [4.69, 9.17) is 4.74 Å². The highest BCUT2D eigenvalue weighted by Gasteiger charge is 2.36. The Bertz CT molecular complexity index is 1080. The Hall–Kier alpha value is -3.68. The van der Waals surface area contributed by atoms with E-state index in [2.05, 4.69) is 10.6 Å². The van der Waals surface area contributed by atoms with Crippen LogP contribution in [-0.2, 0) is 14.3 Å². The van der Waals surface area contributed by atoms with Crippen LogP contribution in [0.5, 0.6) is 0 Å². The van der Waals surface area contributed by atoms with Gasteiger partial charge in [0, 0.05) is 12.1 Å². The summed E-state index contributed by atoms with van der Waals surface area (Å²) in [6.45, 7) is 3.67. The summed E-state index contributed by atoms with van der Waals surface area (Å²) in [5.74, 6) is -1.49. The SMILES string of the molecule is CC(=O)c1ccccc1NC(=O)[C@H](C)OC(=O)c1ccc2c(c1)NC(=O)[C@H]1CCCN21. The molecule has 2 amide bonds. The fraction of sp³-hybridized carbons (Fsp3) is 0.304. The maximum absolute atomic E-state index is 12.6. The molecule has 2 atom stereocenters. The number of ketones is 1. The number of hydrogen-bond donors (Lipinski definition) is 2. The van der Waals surface area contributed by atoms with Crippen LogP contribution in [0.1, 0.15) is 47.4 Å². The number of amides is 2. The Morgan fingerprint density at radius 3 is 2.74 bits per heavy atom. The number of benzene rings is 2. The van der Waals surface area contributed by atoms with Gasteiger partial charge in [0.25, 0.3) is 5.91 Å². The summed E-state index contributed by atoms with van der Waals surface area (Å²) in [6.07, 6.45) is 0.677. The highest BCUT2D eigenvalue weighted by Crippen LogP contribution is 2.37. The van der Waals surface area contributed by atoms with Crippen LogP contribution >= 0.6 is 0 Å². The van der Waals surface area contributed by atoms with Crippen molar-refractivity contribution in [1.82, 2.24) is 0 Å². The first kappa shape index (κ1) is 20.6. The number of nitrogens with zero attached hydrogens (tertiary/aromatic N) is 1. The van der Waals surface area contributed by atoms with E-state index in [-0.39, 0.29) is 23.3 Å². The summed E-state index contributed by atoms with van der Waals surface area (Å²) in [4.78, 5) is 51.1. The zero-order valence-corrected chi connectivity index (χ0v) is 17.3. The minimum Gasteiger partial charge on any atom is -0.449 e. The first-order valence-corrected chi connectivity index (χ1v) is 10.2. The molecule has 1 fully saturated rings. The molecule has 31 heavy (non-hydrogen) atoms. The van der Waals surface area contributed by atoms with Gasteiger partial charge >= 0.3 is 5.97 Å². The molecule has 2 aromatic rings. The number of hydrogen-bond acceptors (Lipinski definition) is 6. The zero-order valence-electron chi connectivity index (χ0n) is 17.3. The number of fused-ring (bicyclic) bond motifs is 3. The van der Waals surface area contributed by atoms with E-state index >= 15 is 0 Å². The van der Waals surface area contributed by atoms with Crippen molar-refractivity contribution in [2.75, 3.05) is 22.1 Å². The molecular weight excluding hydrogens is 398 g/mol. The van der Waals surface area contributed by atoms with Crippen molar-refractivity contribution in [1.29, 1.82) is 0 Å². The predicted octanol–water partition coefficient (Wildman–Crippen LogP) is 2.99. The standard InChI is InChI=1S/C23H23N3O5/c1-13(27)16-6-3-4-7-17(16)24-21(28)14(2)31-23(30)15-9-10-19-18(12-15)25-22(29)20-8-5-11-26(19)20/h3-4,6-7,9-10,12,14,20H,5,8,11H2,1-2H3,(H,24,28)(H,25,29)/t14-,20+/m0/s1. The molecule has 2 aliphatic rings. The lowest BCUT2D eigenvalue weighted by Gasteiger charge is -2.33. The predicted molar refractivity (Wildman–Crippen MR) is 115 cm³/mol. The quantitative estimate of drug-likeness (QED) is 0.568. The molecule has 0 radical (unpaired) electrons. The second-order valence-corrected chi connectivity index (χ2v) is 7.71. The molecule has 1 saturated heterocycles. The van der Waals surface area contributed by atoms with Crippen LogP contribution in [0.15, 0.2) is 42.5 Å². The molecule has 2 N–H and O–H groups in total.